The number of hydrogen-bond donors (Lipinski definition) is 0. The van der Waals surface area contributed by atoms with Gasteiger partial charge in [-0.3, -0.25) is 0 Å². The molecule has 0 saturated carbocycles. The van der Waals surface area contributed by atoms with E-state index in [0.717, 1.165) is 0 Å². The van der Waals surface area contributed by atoms with Crippen LogP contribution >= 0.6 is 0 Å². The van der Waals surface area contributed by atoms with Gasteiger partial charge in [0.1, 0.15) is 18.6 Å². The van der Waals surface area contributed by atoms with Crippen LogP contribution in [0.3, 0.4) is 0 Å². The van der Waals surface area contributed by atoms with E-state index in [9.17, 15) is 4.39 Å². The second-order valence-corrected chi connectivity index (χ2v) is 2.41. The van der Waals surface area contributed by atoms with Crippen molar-refractivity contribution >= 4 is 0 Å². The van der Waals surface area contributed by atoms with Crippen molar-refractivity contribution in [2.45, 2.75) is 26.1 Å². The van der Waals surface area contributed by atoms with Crippen LogP contribution in [0.5, 0.6) is 0 Å². The van der Waals surface area contributed by atoms with Crippen LogP contribution in [-0.2, 0) is 6.54 Å². The zero-order chi connectivity index (χ0) is 8.97. The monoisotopic (exact) mass is 168 g/mol. The first kappa shape index (κ1) is 8.65. The second-order valence-electron chi connectivity index (χ2n) is 2.41. The molecule has 0 aliphatic carbocycles. The van der Waals surface area contributed by atoms with Crippen molar-refractivity contribution in [1.82, 2.24) is 14.8 Å². The van der Waals surface area contributed by atoms with Gasteiger partial charge in [0.2, 0.25) is 0 Å². The highest BCUT2D eigenvalue weighted by Gasteiger charge is 2.05. The van der Waals surface area contributed by atoms with Crippen molar-refractivity contribution in [2.24, 2.45) is 0 Å². The first-order valence-electron chi connectivity index (χ1n) is 3.70. The summed E-state index contributed by atoms with van der Waals surface area (Å²) >= 11 is 0. The molecule has 1 unspecified atom stereocenters. The van der Waals surface area contributed by atoms with E-state index in [1.165, 1.54) is 11.0 Å². The molecule has 0 radical (unpaired) electrons. The Balaban J connectivity index is 2.59. The molecule has 0 bridgehead atoms. The number of aromatic nitrogens is 3. The lowest BCUT2D eigenvalue weighted by molar-refractivity contribution is 0.277. The van der Waals surface area contributed by atoms with E-state index in [0.29, 0.717) is 6.42 Å². The zero-order valence-electron chi connectivity index (χ0n) is 6.74. The van der Waals surface area contributed by atoms with Gasteiger partial charge >= 0.3 is 0 Å². The lowest BCUT2D eigenvalue weighted by Gasteiger charge is -2.02. The Bertz CT molecular complexity index is 288. The Labute approximate surface area is 69.6 Å². The summed E-state index contributed by atoms with van der Waals surface area (Å²) in [5.74, 6) is 0.0818. The summed E-state index contributed by atoms with van der Waals surface area (Å²) in [7, 11) is 0. The second kappa shape index (κ2) is 3.81. The van der Waals surface area contributed by atoms with Gasteiger partial charge in [0.25, 0.3) is 5.82 Å². The summed E-state index contributed by atoms with van der Waals surface area (Å²) in [4.78, 5) is 3.65. The van der Waals surface area contributed by atoms with Crippen LogP contribution in [-0.4, -0.2) is 20.9 Å². The zero-order valence-corrected chi connectivity index (χ0v) is 6.74. The average Bonchev–Trinajstić information content (AvgIpc) is 2.52. The minimum Gasteiger partial charge on any atom is -0.249 e. The quantitative estimate of drug-likeness (QED) is 0.673. The highest BCUT2D eigenvalue weighted by atomic mass is 19.1. The Morgan fingerprint density at radius 2 is 2.58 bits per heavy atom. The molecule has 1 rings (SSSR count). The molecule has 0 spiro atoms. The summed E-state index contributed by atoms with van der Waals surface area (Å²) in [5.41, 5.74) is 0. The molecule has 0 N–H and O–H groups in total. The molecular formula is C7H9FN4. The lowest BCUT2D eigenvalue weighted by atomic mass is 10.3. The highest BCUT2D eigenvalue weighted by Crippen LogP contribution is 1.99. The predicted molar refractivity (Wildman–Crippen MR) is 39.9 cm³/mol. The maximum Gasteiger partial charge on any atom is 0.252 e. The van der Waals surface area contributed by atoms with Crippen LogP contribution in [0.4, 0.5) is 4.39 Å². The Morgan fingerprint density at radius 1 is 1.83 bits per heavy atom. The summed E-state index contributed by atoms with van der Waals surface area (Å²) in [5, 5.41) is 12.1. The molecule has 0 saturated heterocycles. The van der Waals surface area contributed by atoms with Crippen molar-refractivity contribution in [3.05, 3.63) is 12.2 Å². The molecule has 5 heteroatoms. The van der Waals surface area contributed by atoms with Gasteiger partial charge in [-0.25, -0.2) is 14.1 Å². The van der Waals surface area contributed by atoms with E-state index in [4.69, 9.17) is 5.26 Å². The largest absolute Gasteiger partial charge is 0.252 e. The standard InChI is InChI=1S/C7H9FN4/c1-2-6(8)4-12-5-10-7(3-9)11-12/h5-6H,2,4H2,1H3. The number of halogens is 1. The third kappa shape index (κ3) is 2.02. The molecule has 64 valence electrons. The van der Waals surface area contributed by atoms with E-state index < -0.39 is 6.17 Å². The molecule has 0 aromatic carbocycles. The van der Waals surface area contributed by atoms with Gasteiger partial charge in [0, 0.05) is 0 Å². The minimum atomic E-state index is -0.918. The number of hydrogen-bond acceptors (Lipinski definition) is 3. The van der Waals surface area contributed by atoms with Crippen molar-refractivity contribution in [3.8, 4) is 6.07 Å². The number of alkyl halides is 1. The molecule has 0 aliphatic rings. The fourth-order valence-electron chi connectivity index (χ4n) is 0.766. The summed E-state index contributed by atoms with van der Waals surface area (Å²) in [6, 6.07) is 1.77. The van der Waals surface area contributed by atoms with Gasteiger partial charge in [0.05, 0.1) is 6.54 Å². The van der Waals surface area contributed by atoms with E-state index in [1.807, 2.05) is 0 Å². The first-order chi connectivity index (χ1) is 5.76. The molecule has 12 heavy (non-hydrogen) atoms. The van der Waals surface area contributed by atoms with E-state index >= 15 is 0 Å². The van der Waals surface area contributed by atoms with Crippen molar-refractivity contribution in [1.29, 1.82) is 5.26 Å². The SMILES string of the molecule is CCC(F)Cn1cnc(C#N)n1. The first-order valence-corrected chi connectivity index (χ1v) is 3.70. The van der Waals surface area contributed by atoms with Crippen LogP contribution in [0.25, 0.3) is 0 Å². The fraction of sp³-hybridized carbons (Fsp3) is 0.571. The Kier molecular flexibility index (Phi) is 2.75. The smallest absolute Gasteiger partial charge is 0.249 e. The van der Waals surface area contributed by atoms with Gasteiger partial charge in [-0.15, -0.1) is 5.10 Å². The minimum absolute atomic E-state index is 0.0818. The van der Waals surface area contributed by atoms with E-state index in [-0.39, 0.29) is 12.4 Å². The highest BCUT2D eigenvalue weighted by molar-refractivity contribution is 5.05. The van der Waals surface area contributed by atoms with Crippen molar-refractivity contribution < 1.29 is 4.39 Å². The summed E-state index contributed by atoms with van der Waals surface area (Å²) in [6.45, 7) is 1.93. The lowest BCUT2D eigenvalue weighted by Crippen LogP contribution is -2.10. The molecular weight excluding hydrogens is 159 g/mol. The molecule has 0 amide bonds. The van der Waals surface area contributed by atoms with Crippen LogP contribution < -0.4 is 0 Å². The maximum absolute atomic E-state index is 12.8. The van der Waals surface area contributed by atoms with Gasteiger partial charge in [-0.05, 0) is 6.42 Å². The molecule has 0 fully saturated rings. The van der Waals surface area contributed by atoms with Crippen LogP contribution in [0.1, 0.15) is 19.2 Å². The number of nitrogens with zero attached hydrogens (tertiary/aromatic N) is 4. The molecule has 1 aromatic heterocycles. The predicted octanol–water partition coefficient (Wildman–Crippen LogP) is 0.898. The Morgan fingerprint density at radius 3 is 3.08 bits per heavy atom. The number of rotatable bonds is 3. The third-order valence-electron chi connectivity index (χ3n) is 1.46. The van der Waals surface area contributed by atoms with Crippen LogP contribution in [0.2, 0.25) is 0 Å². The van der Waals surface area contributed by atoms with Gasteiger partial charge in [-0.2, -0.15) is 5.26 Å². The third-order valence-corrected chi connectivity index (χ3v) is 1.46. The molecule has 1 heterocycles. The maximum atomic E-state index is 12.8. The summed E-state index contributed by atoms with van der Waals surface area (Å²) < 4.78 is 14.1. The topological polar surface area (TPSA) is 54.5 Å². The number of nitriles is 1. The fourth-order valence-corrected chi connectivity index (χ4v) is 0.766. The van der Waals surface area contributed by atoms with E-state index in [1.54, 1.807) is 13.0 Å². The van der Waals surface area contributed by atoms with E-state index in [2.05, 4.69) is 10.1 Å². The molecule has 4 nitrogen and oxygen atoms in total. The van der Waals surface area contributed by atoms with Gasteiger partial charge < -0.3 is 0 Å². The van der Waals surface area contributed by atoms with Crippen molar-refractivity contribution in [3.63, 3.8) is 0 Å². The molecule has 1 atom stereocenters. The van der Waals surface area contributed by atoms with Crippen molar-refractivity contribution in [2.75, 3.05) is 0 Å². The molecule has 1 aromatic rings. The molecule has 0 aliphatic heterocycles. The van der Waals surface area contributed by atoms with Crippen LogP contribution in [0.15, 0.2) is 6.33 Å². The average molecular weight is 168 g/mol. The van der Waals surface area contributed by atoms with Gasteiger partial charge in [0.15, 0.2) is 0 Å². The normalized spacial score (nSPS) is 12.4. The summed E-state index contributed by atoms with van der Waals surface area (Å²) in [6.07, 6.45) is 0.890. The Hall–Kier alpha value is -1.44. The van der Waals surface area contributed by atoms with Gasteiger partial charge in [-0.1, -0.05) is 6.92 Å². The van der Waals surface area contributed by atoms with Crippen LogP contribution in [0, 0.1) is 11.3 Å².